The summed E-state index contributed by atoms with van der Waals surface area (Å²) >= 11 is 0. The zero-order chi connectivity index (χ0) is 5.70. The van der Waals surface area contributed by atoms with Crippen LogP contribution in [0.5, 0.6) is 0 Å². The van der Waals surface area contributed by atoms with E-state index < -0.39 is 8.38 Å². The highest BCUT2D eigenvalue weighted by Crippen LogP contribution is 2.33. The van der Waals surface area contributed by atoms with E-state index in [0.717, 1.165) is 6.16 Å². The second kappa shape index (κ2) is 4.47. The van der Waals surface area contributed by atoms with Gasteiger partial charge in [-0.25, -0.2) is 5.90 Å². The van der Waals surface area contributed by atoms with Gasteiger partial charge in [-0.15, -0.1) is 0 Å². The van der Waals surface area contributed by atoms with Crippen molar-refractivity contribution in [2.75, 3.05) is 13.3 Å². The van der Waals surface area contributed by atoms with E-state index in [2.05, 4.69) is 4.62 Å². The molecule has 0 saturated heterocycles. The van der Waals surface area contributed by atoms with Crippen molar-refractivity contribution in [2.24, 2.45) is 5.90 Å². The quantitative estimate of drug-likeness (QED) is 0.447. The zero-order valence-corrected chi connectivity index (χ0v) is 5.44. The molecule has 4 heteroatoms. The maximum Gasteiger partial charge on any atom is 0.191 e. The normalized spacial score (nSPS) is 14.1. The van der Waals surface area contributed by atoms with Crippen molar-refractivity contribution >= 4 is 8.38 Å². The second-order valence-corrected chi connectivity index (χ2v) is 2.81. The largest absolute Gasteiger partial charge is 0.336 e. The molecule has 0 fully saturated rings. The molecule has 0 heterocycles. The molecule has 0 aliphatic rings. The lowest BCUT2D eigenvalue weighted by Crippen LogP contribution is -1.95. The van der Waals surface area contributed by atoms with Gasteiger partial charge < -0.3 is 4.52 Å². The summed E-state index contributed by atoms with van der Waals surface area (Å²) in [6.45, 7) is 1.96. The van der Waals surface area contributed by atoms with Crippen molar-refractivity contribution in [1.29, 1.82) is 0 Å². The van der Waals surface area contributed by atoms with Gasteiger partial charge in [0.2, 0.25) is 0 Å². The van der Waals surface area contributed by atoms with E-state index in [9.17, 15) is 0 Å². The topological polar surface area (TPSA) is 44.5 Å². The van der Waals surface area contributed by atoms with Gasteiger partial charge in [0.05, 0.1) is 0 Å². The van der Waals surface area contributed by atoms with Crippen LogP contribution >= 0.6 is 8.38 Å². The summed E-state index contributed by atoms with van der Waals surface area (Å²) in [5, 5.41) is 0. The van der Waals surface area contributed by atoms with Crippen LogP contribution in [-0.2, 0) is 9.15 Å². The van der Waals surface area contributed by atoms with Gasteiger partial charge in [0.1, 0.15) is 0 Å². The molecule has 0 radical (unpaired) electrons. The fourth-order valence-corrected chi connectivity index (χ4v) is 0.740. The van der Waals surface area contributed by atoms with Crippen molar-refractivity contribution in [1.82, 2.24) is 0 Å². The maximum absolute atomic E-state index is 4.80. The highest BCUT2D eigenvalue weighted by molar-refractivity contribution is 7.47. The molecular weight excluding hydrogens is 113 g/mol. The van der Waals surface area contributed by atoms with Gasteiger partial charge in [-0.2, -0.15) is 0 Å². The summed E-state index contributed by atoms with van der Waals surface area (Å²) in [6, 6.07) is 0. The lowest BCUT2D eigenvalue weighted by Gasteiger charge is -2.05. The molecule has 7 heavy (non-hydrogen) atoms. The summed E-state index contributed by atoms with van der Waals surface area (Å²) in [4.78, 5) is 0. The Morgan fingerprint density at radius 1 is 1.71 bits per heavy atom. The summed E-state index contributed by atoms with van der Waals surface area (Å²) in [5.41, 5.74) is 0. The number of nitrogens with two attached hydrogens (primary N) is 1. The summed E-state index contributed by atoms with van der Waals surface area (Å²) < 4.78 is 9.16. The van der Waals surface area contributed by atoms with Crippen LogP contribution in [0.3, 0.4) is 0 Å². The van der Waals surface area contributed by atoms with Crippen molar-refractivity contribution in [3.05, 3.63) is 0 Å². The number of hydrogen-bond donors (Lipinski definition) is 1. The molecule has 1 unspecified atom stereocenters. The molecule has 0 spiro atoms. The van der Waals surface area contributed by atoms with E-state index in [1.165, 1.54) is 0 Å². The third kappa shape index (κ3) is 2.94. The zero-order valence-electron chi connectivity index (χ0n) is 4.55. The molecule has 2 N–H and O–H groups in total. The lowest BCUT2D eigenvalue weighted by molar-refractivity contribution is 0.294. The molecule has 44 valence electrons. The third-order valence-corrected chi connectivity index (χ3v) is 1.74. The molecule has 0 rings (SSSR count). The SMILES string of the molecule is CCP(OC)ON. The van der Waals surface area contributed by atoms with Crippen LogP contribution in [-0.4, -0.2) is 13.3 Å². The van der Waals surface area contributed by atoms with Crippen LogP contribution in [0.15, 0.2) is 0 Å². The summed E-state index contributed by atoms with van der Waals surface area (Å²) in [5.74, 6) is 4.80. The molecule has 0 aliphatic carbocycles. The van der Waals surface area contributed by atoms with Crippen molar-refractivity contribution in [2.45, 2.75) is 6.92 Å². The molecule has 0 aromatic rings. The smallest absolute Gasteiger partial charge is 0.191 e. The third-order valence-electron chi connectivity index (χ3n) is 0.579. The number of hydrogen-bond acceptors (Lipinski definition) is 3. The molecule has 0 aromatic heterocycles. The van der Waals surface area contributed by atoms with E-state index in [1.54, 1.807) is 7.11 Å². The van der Waals surface area contributed by atoms with Crippen LogP contribution in [0, 0.1) is 0 Å². The van der Waals surface area contributed by atoms with Gasteiger partial charge in [-0.1, -0.05) is 6.92 Å². The lowest BCUT2D eigenvalue weighted by atomic mass is 11.0. The van der Waals surface area contributed by atoms with E-state index >= 15 is 0 Å². The minimum absolute atomic E-state index is 0.776. The first-order chi connectivity index (χ1) is 3.35. The van der Waals surface area contributed by atoms with Crippen LogP contribution in [0.25, 0.3) is 0 Å². The first-order valence-corrected chi connectivity index (χ1v) is 3.40. The Bertz CT molecular complexity index is 34.4. The molecule has 0 aromatic carbocycles. The molecule has 0 amide bonds. The van der Waals surface area contributed by atoms with E-state index in [4.69, 9.17) is 10.4 Å². The fourth-order valence-electron chi connectivity index (χ4n) is 0.247. The minimum atomic E-state index is -0.776. The average Bonchev–Trinajstić information content (AvgIpc) is 1.72. The summed E-state index contributed by atoms with van der Waals surface area (Å²) in [7, 11) is 0.809. The maximum atomic E-state index is 4.80. The van der Waals surface area contributed by atoms with Crippen LogP contribution in [0.2, 0.25) is 0 Å². The second-order valence-electron chi connectivity index (χ2n) is 0.937. The van der Waals surface area contributed by atoms with Gasteiger partial charge in [0.15, 0.2) is 8.38 Å². The van der Waals surface area contributed by atoms with Crippen molar-refractivity contribution < 1.29 is 9.15 Å². The Morgan fingerprint density at radius 3 is 2.29 bits per heavy atom. The van der Waals surface area contributed by atoms with Gasteiger partial charge in [-0.3, -0.25) is 4.62 Å². The predicted molar refractivity (Wildman–Crippen MR) is 29.7 cm³/mol. The summed E-state index contributed by atoms with van der Waals surface area (Å²) in [6.07, 6.45) is 0.850. The Kier molecular flexibility index (Phi) is 4.67. The Labute approximate surface area is 44.7 Å². The number of rotatable bonds is 3. The highest BCUT2D eigenvalue weighted by atomic mass is 31.2. The Morgan fingerprint density at radius 2 is 2.29 bits per heavy atom. The van der Waals surface area contributed by atoms with E-state index in [0.29, 0.717) is 0 Å². The van der Waals surface area contributed by atoms with Gasteiger partial charge in [0.25, 0.3) is 0 Å². The van der Waals surface area contributed by atoms with Crippen LogP contribution < -0.4 is 5.90 Å². The highest BCUT2D eigenvalue weighted by Gasteiger charge is 1.99. The van der Waals surface area contributed by atoms with Crippen LogP contribution in [0.1, 0.15) is 6.92 Å². The molecule has 3 nitrogen and oxygen atoms in total. The first-order valence-electron chi connectivity index (χ1n) is 2.03. The molecular formula is C3H10NO2P. The van der Waals surface area contributed by atoms with Crippen molar-refractivity contribution in [3.8, 4) is 0 Å². The van der Waals surface area contributed by atoms with Crippen molar-refractivity contribution in [3.63, 3.8) is 0 Å². The van der Waals surface area contributed by atoms with Crippen LogP contribution in [0.4, 0.5) is 0 Å². The van der Waals surface area contributed by atoms with Gasteiger partial charge >= 0.3 is 0 Å². The molecule has 0 bridgehead atoms. The minimum Gasteiger partial charge on any atom is -0.336 e. The van der Waals surface area contributed by atoms with E-state index in [1.807, 2.05) is 6.92 Å². The molecule has 1 atom stereocenters. The Balaban J connectivity index is 2.99. The Hall–Kier alpha value is 0.310. The predicted octanol–water partition coefficient (Wildman–Crippen LogP) is 0.855. The molecule has 0 aliphatic heterocycles. The monoisotopic (exact) mass is 123 g/mol. The molecule has 0 saturated carbocycles. The first kappa shape index (κ1) is 7.31. The fraction of sp³-hybridized carbons (Fsp3) is 1.00. The van der Waals surface area contributed by atoms with Gasteiger partial charge in [-0.05, 0) is 0 Å². The standard InChI is InChI=1S/C3H10NO2P/c1-3-7(5-2)6-4/h3-4H2,1-2H3. The van der Waals surface area contributed by atoms with Gasteiger partial charge in [0, 0.05) is 13.3 Å². The van der Waals surface area contributed by atoms with E-state index in [-0.39, 0.29) is 0 Å². The average molecular weight is 123 g/mol.